The number of rotatable bonds is 2. The second kappa shape index (κ2) is 4.94. The minimum atomic E-state index is -0.190. The number of hydrogen-bond donors (Lipinski definition) is 0. The Morgan fingerprint density at radius 2 is 2.25 bits per heavy atom. The van der Waals surface area contributed by atoms with Crippen LogP contribution in [0.5, 0.6) is 0 Å². The van der Waals surface area contributed by atoms with E-state index in [9.17, 15) is 0 Å². The van der Waals surface area contributed by atoms with E-state index in [1.54, 1.807) is 0 Å². The van der Waals surface area contributed by atoms with Crippen LogP contribution in [0, 0.1) is 5.92 Å². The van der Waals surface area contributed by atoms with E-state index in [0.717, 1.165) is 30.3 Å². The van der Waals surface area contributed by atoms with Crippen LogP contribution < -0.4 is 0 Å². The molecule has 16 heavy (non-hydrogen) atoms. The predicted molar refractivity (Wildman–Crippen MR) is 74.1 cm³/mol. The number of hydrogen-bond acceptors (Lipinski definition) is 2. The third-order valence-electron chi connectivity index (χ3n) is 3.87. The molecule has 0 spiro atoms. The summed E-state index contributed by atoms with van der Waals surface area (Å²) < 4.78 is 13.2. The van der Waals surface area contributed by atoms with Gasteiger partial charge in [0.15, 0.2) is 0 Å². The Balaban J connectivity index is 2.22. The van der Waals surface area contributed by atoms with Crippen molar-refractivity contribution in [2.24, 2.45) is 5.92 Å². The Bertz CT molecular complexity index is 277. The second-order valence-corrected chi connectivity index (χ2v) is 5.97. The van der Waals surface area contributed by atoms with E-state index in [1.807, 2.05) is 0 Å². The van der Waals surface area contributed by atoms with Crippen molar-refractivity contribution in [3.63, 3.8) is 0 Å². The minimum Gasteiger partial charge on any atom is -0.371 e. The lowest BCUT2D eigenvalue weighted by Crippen LogP contribution is -2.44. The van der Waals surface area contributed by atoms with Gasteiger partial charge in [-0.15, -0.1) is 0 Å². The van der Waals surface area contributed by atoms with Gasteiger partial charge in [0.1, 0.15) is 5.60 Å². The molecule has 92 valence electrons. The molecule has 0 N–H and O–H groups in total. The smallest absolute Gasteiger partial charge is 0.124 e. The maximum Gasteiger partial charge on any atom is 0.124 e. The molecule has 0 aliphatic carbocycles. The van der Waals surface area contributed by atoms with Gasteiger partial charge in [-0.2, -0.15) is 0 Å². The lowest BCUT2D eigenvalue weighted by Gasteiger charge is -2.33. The molecule has 2 heterocycles. The van der Waals surface area contributed by atoms with Gasteiger partial charge < -0.3 is 9.47 Å². The molecule has 2 nitrogen and oxygen atoms in total. The van der Waals surface area contributed by atoms with Crippen molar-refractivity contribution >= 4 is 22.6 Å². The molecule has 2 saturated heterocycles. The Labute approximate surface area is 112 Å². The highest BCUT2D eigenvalue weighted by Crippen LogP contribution is 2.42. The lowest BCUT2D eigenvalue weighted by atomic mass is 9.89. The van der Waals surface area contributed by atoms with Crippen LogP contribution in [0.1, 0.15) is 33.1 Å². The summed E-state index contributed by atoms with van der Waals surface area (Å²) in [6.45, 7) is 9.53. The number of ether oxygens (including phenoxy) is 2. The Morgan fingerprint density at radius 1 is 1.50 bits per heavy atom. The average molecular weight is 336 g/mol. The van der Waals surface area contributed by atoms with Crippen LogP contribution in [0.25, 0.3) is 0 Å². The van der Waals surface area contributed by atoms with E-state index in [1.165, 1.54) is 5.57 Å². The van der Waals surface area contributed by atoms with Gasteiger partial charge in [-0.1, -0.05) is 43.0 Å². The monoisotopic (exact) mass is 336 g/mol. The van der Waals surface area contributed by atoms with E-state index in [4.69, 9.17) is 9.47 Å². The van der Waals surface area contributed by atoms with Crippen molar-refractivity contribution in [1.29, 1.82) is 0 Å². The largest absolute Gasteiger partial charge is 0.371 e. The first-order chi connectivity index (χ1) is 7.60. The van der Waals surface area contributed by atoms with Gasteiger partial charge in [-0.3, -0.25) is 0 Å². The fourth-order valence-corrected chi connectivity index (χ4v) is 3.95. The quantitative estimate of drug-likeness (QED) is 0.437. The van der Waals surface area contributed by atoms with Crippen molar-refractivity contribution in [1.82, 2.24) is 0 Å². The van der Waals surface area contributed by atoms with Crippen LogP contribution in [0.15, 0.2) is 12.2 Å². The summed E-state index contributed by atoms with van der Waals surface area (Å²) in [4.78, 5) is 0. The fraction of sp³-hybridized carbons (Fsp3) is 0.846. The maximum absolute atomic E-state index is 6.27. The fourth-order valence-electron chi connectivity index (χ4n) is 2.70. The van der Waals surface area contributed by atoms with Gasteiger partial charge in [0.05, 0.1) is 18.8 Å². The molecule has 2 fully saturated rings. The summed E-state index contributed by atoms with van der Waals surface area (Å²) in [5.74, 6) is 0.582. The standard InChI is InChI=1S/C13H21IO2/c1-9(2)11-5-4-10(3)13(8-14)12(16-11)6-7-15-13/h9,11-12H,3-8H2,1-2H3/t11-,12-,13+/m0/s1. The SMILES string of the molecule is C=C1CC[C@@H](C(C)C)O[C@H]2CCO[C@]12CI. The van der Waals surface area contributed by atoms with E-state index >= 15 is 0 Å². The van der Waals surface area contributed by atoms with Crippen molar-refractivity contribution < 1.29 is 9.47 Å². The summed E-state index contributed by atoms with van der Waals surface area (Å²) in [7, 11) is 0. The molecule has 0 unspecified atom stereocenters. The summed E-state index contributed by atoms with van der Waals surface area (Å²) in [6, 6.07) is 0. The van der Waals surface area contributed by atoms with Crippen molar-refractivity contribution in [2.75, 3.05) is 11.0 Å². The molecule has 2 aliphatic rings. The molecular formula is C13H21IO2. The van der Waals surface area contributed by atoms with E-state index < -0.39 is 0 Å². The molecule has 0 radical (unpaired) electrons. The third kappa shape index (κ3) is 2.06. The van der Waals surface area contributed by atoms with Gasteiger partial charge in [-0.25, -0.2) is 0 Å². The Morgan fingerprint density at radius 3 is 2.88 bits per heavy atom. The first-order valence-corrected chi connectivity index (χ1v) is 7.66. The molecule has 3 atom stereocenters. The number of halogens is 1. The Kier molecular flexibility index (Phi) is 3.97. The molecule has 0 amide bonds. The van der Waals surface area contributed by atoms with Crippen molar-refractivity contribution in [3.05, 3.63) is 12.2 Å². The van der Waals surface area contributed by atoms with Gasteiger partial charge in [0, 0.05) is 10.8 Å². The molecule has 0 aromatic rings. The molecular weight excluding hydrogens is 315 g/mol. The maximum atomic E-state index is 6.27. The zero-order chi connectivity index (χ0) is 11.8. The summed E-state index contributed by atoms with van der Waals surface area (Å²) in [6.07, 6.45) is 3.75. The lowest BCUT2D eigenvalue weighted by molar-refractivity contribution is -0.0822. The Hall–Kier alpha value is 0.390. The molecule has 0 bridgehead atoms. The van der Waals surface area contributed by atoms with Gasteiger partial charge in [-0.05, 0) is 24.3 Å². The van der Waals surface area contributed by atoms with Crippen LogP contribution >= 0.6 is 22.6 Å². The van der Waals surface area contributed by atoms with E-state index in [-0.39, 0.29) is 11.7 Å². The van der Waals surface area contributed by atoms with Gasteiger partial charge in [0.25, 0.3) is 0 Å². The highest BCUT2D eigenvalue weighted by Gasteiger charge is 2.49. The van der Waals surface area contributed by atoms with Crippen molar-refractivity contribution in [2.45, 2.75) is 50.9 Å². The summed E-state index contributed by atoms with van der Waals surface area (Å²) in [5.41, 5.74) is 1.05. The van der Waals surface area contributed by atoms with Crippen LogP contribution in [0.2, 0.25) is 0 Å². The highest BCUT2D eigenvalue weighted by atomic mass is 127. The minimum absolute atomic E-state index is 0.190. The van der Waals surface area contributed by atoms with Crippen LogP contribution in [-0.2, 0) is 9.47 Å². The summed E-state index contributed by atoms with van der Waals surface area (Å²) >= 11 is 2.41. The normalized spacial score (nSPS) is 39.9. The van der Waals surface area contributed by atoms with Gasteiger partial charge in [0.2, 0.25) is 0 Å². The first-order valence-electron chi connectivity index (χ1n) is 6.14. The van der Waals surface area contributed by atoms with Gasteiger partial charge >= 0.3 is 0 Å². The zero-order valence-electron chi connectivity index (χ0n) is 10.2. The van der Waals surface area contributed by atoms with E-state index in [2.05, 4.69) is 43.0 Å². The number of fused-ring (bicyclic) bond motifs is 1. The molecule has 2 rings (SSSR count). The molecule has 0 saturated carbocycles. The summed E-state index contributed by atoms with van der Waals surface area (Å²) in [5, 5.41) is 0. The third-order valence-corrected chi connectivity index (χ3v) is 5.00. The number of alkyl halides is 1. The van der Waals surface area contributed by atoms with E-state index in [0.29, 0.717) is 12.0 Å². The van der Waals surface area contributed by atoms with Crippen LogP contribution in [0.4, 0.5) is 0 Å². The molecule has 0 aromatic heterocycles. The molecule has 0 aromatic carbocycles. The van der Waals surface area contributed by atoms with Crippen LogP contribution in [0.3, 0.4) is 0 Å². The first kappa shape index (κ1) is 12.8. The van der Waals surface area contributed by atoms with Crippen molar-refractivity contribution in [3.8, 4) is 0 Å². The average Bonchev–Trinajstić information content (AvgIpc) is 2.61. The highest BCUT2D eigenvalue weighted by molar-refractivity contribution is 14.1. The predicted octanol–water partition coefficient (Wildman–Crippen LogP) is 3.34. The second-order valence-electron chi connectivity index (χ2n) is 5.21. The zero-order valence-corrected chi connectivity index (χ0v) is 12.3. The van der Waals surface area contributed by atoms with Crippen LogP contribution in [-0.4, -0.2) is 28.8 Å². The molecule has 3 heteroatoms. The topological polar surface area (TPSA) is 18.5 Å². The molecule has 2 aliphatic heterocycles.